The fourth-order valence-corrected chi connectivity index (χ4v) is 1.25. The number of hydrogen-bond acceptors (Lipinski definition) is 4. The highest BCUT2D eigenvalue weighted by Crippen LogP contribution is 2.02. The first-order valence-electron chi connectivity index (χ1n) is 4.27. The molecule has 78 valence electrons. The maximum absolute atomic E-state index is 10.8. The third kappa shape index (κ3) is 1.85. The first-order valence-corrected chi connectivity index (χ1v) is 4.27. The predicted octanol–water partition coefficient (Wildman–Crippen LogP) is 0.129. The van der Waals surface area contributed by atoms with Crippen LogP contribution in [0.3, 0.4) is 0 Å². The summed E-state index contributed by atoms with van der Waals surface area (Å²) >= 11 is 0. The van der Waals surface area contributed by atoms with Crippen molar-refractivity contribution < 1.29 is 9.90 Å². The summed E-state index contributed by atoms with van der Waals surface area (Å²) in [6, 6.07) is 0. The van der Waals surface area contributed by atoms with E-state index in [-0.39, 0.29) is 0 Å². The molecule has 0 unspecified atom stereocenters. The monoisotopic (exact) mass is 207 g/mol. The highest BCUT2D eigenvalue weighted by atomic mass is 16.4. The molecule has 0 spiro atoms. The number of aromatic nitrogens is 5. The Morgan fingerprint density at radius 1 is 1.53 bits per heavy atom. The van der Waals surface area contributed by atoms with Crippen LogP contribution < -0.4 is 0 Å². The number of aryl methyl sites for hydroxylation is 1. The van der Waals surface area contributed by atoms with Crippen molar-refractivity contribution in [2.24, 2.45) is 7.05 Å². The molecule has 0 saturated heterocycles. The van der Waals surface area contributed by atoms with Gasteiger partial charge in [-0.05, 0) is 0 Å². The maximum atomic E-state index is 10.8. The van der Waals surface area contributed by atoms with E-state index in [2.05, 4.69) is 15.1 Å². The van der Waals surface area contributed by atoms with Crippen LogP contribution in [0, 0.1) is 0 Å². The molecule has 2 aromatic heterocycles. The Hall–Kier alpha value is -2.18. The van der Waals surface area contributed by atoms with Crippen LogP contribution in [0.1, 0.15) is 11.6 Å². The quantitative estimate of drug-likeness (QED) is 0.756. The third-order valence-electron chi connectivity index (χ3n) is 1.89. The zero-order chi connectivity index (χ0) is 10.8. The lowest BCUT2D eigenvalue weighted by Crippen LogP contribution is -2.12. The Morgan fingerprint density at radius 3 is 2.93 bits per heavy atom. The zero-order valence-corrected chi connectivity index (χ0v) is 8.03. The molecule has 7 heteroatoms. The molecule has 0 fully saturated rings. The van der Waals surface area contributed by atoms with Gasteiger partial charge in [0.2, 0.25) is 0 Å². The zero-order valence-electron chi connectivity index (χ0n) is 8.03. The fraction of sp³-hybridized carbons (Fsp3) is 0.250. The summed E-state index contributed by atoms with van der Waals surface area (Å²) in [5.41, 5.74) is 0. The van der Waals surface area contributed by atoms with Gasteiger partial charge in [-0.15, -0.1) is 0 Å². The summed E-state index contributed by atoms with van der Waals surface area (Å²) in [5, 5.41) is 12.9. The Bertz CT molecular complexity index is 487. The molecule has 1 N–H and O–H groups in total. The summed E-state index contributed by atoms with van der Waals surface area (Å²) in [4.78, 5) is 18.7. The number of imidazole rings is 1. The van der Waals surface area contributed by atoms with Crippen molar-refractivity contribution in [2.45, 2.75) is 6.42 Å². The molecule has 0 aliphatic heterocycles. The molecule has 0 aliphatic carbocycles. The molecule has 7 nitrogen and oxygen atoms in total. The lowest BCUT2D eigenvalue weighted by Gasteiger charge is -1.98. The van der Waals surface area contributed by atoms with Gasteiger partial charge in [-0.2, -0.15) is 5.10 Å². The number of carbonyl (C=O) groups is 1. The highest BCUT2D eigenvalue weighted by Gasteiger charge is 2.11. The molecule has 0 amide bonds. The van der Waals surface area contributed by atoms with Crippen LogP contribution in [-0.2, 0) is 13.5 Å². The van der Waals surface area contributed by atoms with Crippen LogP contribution >= 0.6 is 0 Å². The van der Waals surface area contributed by atoms with Crippen molar-refractivity contribution in [1.29, 1.82) is 0 Å². The molecular weight excluding hydrogens is 198 g/mol. The molecule has 2 rings (SSSR count). The van der Waals surface area contributed by atoms with E-state index in [1.54, 1.807) is 18.1 Å². The van der Waals surface area contributed by atoms with E-state index in [4.69, 9.17) is 5.11 Å². The van der Waals surface area contributed by atoms with Crippen LogP contribution in [-0.4, -0.2) is 35.5 Å². The van der Waals surface area contributed by atoms with Crippen molar-refractivity contribution in [3.63, 3.8) is 0 Å². The van der Waals surface area contributed by atoms with Crippen molar-refractivity contribution in [2.75, 3.05) is 0 Å². The number of nitrogens with zero attached hydrogens (tertiary/aromatic N) is 5. The molecule has 0 radical (unpaired) electrons. The van der Waals surface area contributed by atoms with Gasteiger partial charge in [-0.3, -0.25) is 4.68 Å². The highest BCUT2D eigenvalue weighted by molar-refractivity contribution is 5.68. The van der Waals surface area contributed by atoms with Crippen LogP contribution in [0.4, 0.5) is 4.79 Å². The van der Waals surface area contributed by atoms with E-state index in [1.807, 2.05) is 0 Å². The Balaban J connectivity index is 2.24. The van der Waals surface area contributed by atoms with Gasteiger partial charge in [-0.25, -0.2) is 19.3 Å². The first kappa shape index (κ1) is 9.38. The van der Waals surface area contributed by atoms with Gasteiger partial charge in [0.1, 0.15) is 12.2 Å². The first-order chi connectivity index (χ1) is 7.16. The summed E-state index contributed by atoms with van der Waals surface area (Å²) in [5.74, 6) is 0.958. The van der Waals surface area contributed by atoms with Crippen LogP contribution in [0.2, 0.25) is 0 Å². The lowest BCUT2D eigenvalue weighted by molar-refractivity contribution is 0.195. The molecule has 0 atom stereocenters. The second-order valence-electron chi connectivity index (χ2n) is 3.01. The Morgan fingerprint density at radius 2 is 2.33 bits per heavy atom. The van der Waals surface area contributed by atoms with Gasteiger partial charge in [0.05, 0.1) is 6.42 Å². The normalized spacial score (nSPS) is 10.5. The lowest BCUT2D eigenvalue weighted by atomic mass is 10.4. The largest absolute Gasteiger partial charge is 0.464 e. The van der Waals surface area contributed by atoms with Gasteiger partial charge in [0.25, 0.3) is 0 Å². The summed E-state index contributed by atoms with van der Waals surface area (Å²) < 4.78 is 2.61. The predicted molar refractivity (Wildman–Crippen MR) is 49.5 cm³/mol. The van der Waals surface area contributed by atoms with Crippen LogP contribution in [0.5, 0.6) is 0 Å². The van der Waals surface area contributed by atoms with E-state index in [0.717, 1.165) is 4.57 Å². The van der Waals surface area contributed by atoms with E-state index >= 15 is 0 Å². The molecule has 2 heterocycles. The van der Waals surface area contributed by atoms with Gasteiger partial charge in [-0.1, -0.05) is 0 Å². The van der Waals surface area contributed by atoms with Crippen molar-refractivity contribution in [3.05, 3.63) is 30.4 Å². The van der Waals surface area contributed by atoms with Crippen molar-refractivity contribution in [1.82, 2.24) is 24.3 Å². The summed E-state index contributed by atoms with van der Waals surface area (Å²) in [7, 11) is 1.75. The summed E-state index contributed by atoms with van der Waals surface area (Å²) in [6.07, 6.45) is 3.63. The van der Waals surface area contributed by atoms with Gasteiger partial charge in [0.15, 0.2) is 5.82 Å². The number of rotatable bonds is 2. The van der Waals surface area contributed by atoms with E-state index < -0.39 is 6.09 Å². The molecule has 0 aromatic carbocycles. The standard InChI is InChI=1S/C8H9N5O2/c1-12-5-10-6(11-12)4-7-9-2-3-13(7)8(14)15/h2-3,5H,4H2,1H3,(H,14,15). The van der Waals surface area contributed by atoms with Crippen LogP contribution in [0.25, 0.3) is 0 Å². The maximum Gasteiger partial charge on any atom is 0.417 e. The minimum Gasteiger partial charge on any atom is -0.464 e. The second kappa shape index (κ2) is 3.52. The fourth-order valence-electron chi connectivity index (χ4n) is 1.25. The number of hydrogen-bond donors (Lipinski definition) is 1. The average molecular weight is 207 g/mol. The second-order valence-corrected chi connectivity index (χ2v) is 3.01. The molecular formula is C8H9N5O2. The average Bonchev–Trinajstić information content (AvgIpc) is 2.75. The number of carboxylic acid groups (broad SMARTS) is 1. The van der Waals surface area contributed by atoms with Gasteiger partial charge in [0, 0.05) is 19.4 Å². The molecule has 0 aliphatic rings. The van der Waals surface area contributed by atoms with E-state index in [0.29, 0.717) is 18.1 Å². The van der Waals surface area contributed by atoms with Crippen molar-refractivity contribution >= 4 is 6.09 Å². The Kier molecular flexibility index (Phi) is 2.20. The Labute approximate surface area is 85.0 Å². The van der Waals surface area contributed by atoms with Gasteiger partial charge < -0.3 is 5.11 Å². The van der Waals surface area contributed by atoms with Crippen molar-refractivity contribution in [3.8, 4) is 0 Å². The van der Waals surface area contributed by atoms with E-state index in [1.165, 1.54) is 12.4 Å². The molecule has 15 heavy (non-hydrogen) atoms. The topological polar surface area (TPSA) is 85.8 Å². The minimum atomic E-state index is -1.06. The third-order valence-corrected chi connectivity index (χ3v) is 1.89. The molecule has 0 bridgehead atoms. The van der Waals surface area contributed by atoms with Crippen LogP contribution in [0.15, 0.2) is 18.7 Å². The minimum absolute atomic E-state index is 0.306. The van der Waals surface area contributed by atoms with E-state index in [9.17, 15) is 4.79 Å². The molecule has 0 saturated carbocycles. The molecule has 2 aromatic rings. The summed E-state index contributed by atoms with van der Waals surface area (Å²) in [6.45, 7) is 0. The smallest absolute Gasteiger partial charge is 0.417 e. The van der Waals surface area contributed by atoms with Gasteiger partial charge >= 0.3 is 6.09 Å². The SMILES string of the molecule is Cn1cnc(Cc2nccn2C(=O)O)n1.